The van der Waals surface area contributed by atoms with Crippen molar-refractivity contribution < 1.29 is 22.9 Å². The summed E-state index contributed by atoms with van der Waals surface area (Å²) in [5, 5.41) is 11.0. The average molecular weight is 317 g/mol. The first-order chi connectivity index (χ1) is 9.70. The Balaban J connectivity index is 3.14. The molecule has 1 aromatic rings. The lowest BCUT2D eigenvalue weighted by atomic mass is 10.2. The minimum atomic E-state index is -4.09. The number of para-hydroxylation sites is 1. The van der Waals surface area contributed by atoms with Crippen LogP contribution in [0.2, 0.25) is 0 Å². The van der Waals surface area contributed by atoms with Gasteiger partial charge in [0.15, 0.2) is 0 Å². The molecule has 1 rings (SSSR count). The Hall–Kier alpha value is -2.20. The zero-order valence-corrected chi connectivity index (χ0v) is 12.3. The van der Waals surface area contributed by atoms with Crippen LogP contribution in [-0.4, -0.2) is 32.2 Å². The number of rotatable bonds is 6. The molecule has 0 radical (unpaired) electrons. The summed E-state index contributed by atoms with van der Waals surface area (Å²) < 4.78 is 28.7. The summed E-state index contributed by atoms with van der Waals surface area (Å²) in [6, 6.07) is 4.14. The van der Waals surface area contributed by atoms with E-state index in [-0.39, 0.29) is 11.3 Å². The molecule has 0 saturated heterocycles. The maximum atomic E-state index is 12.0. The Labute approximate surface area is 121 Å². The molecule has 9 nitrogen and oxygen atoms in total. The highest BCUT2D eigenvalue weighted by molar-refractivity contribution is 7.92. The molecule has 0 fully saturated rings. The van der Waals surface area contributed by atoms with E-state index in [4.69, 9.17) is 5.84 Å². The number of carbonyl (C=O) groups is 1. The Morgan fingerprint density at radius 2 is 2.10 bits per heavy atom. The molecule has 0 atom stereocenters. The molecule has 0 amide bonds. The van der Waals surface area contributed by atoms with E-state index < -0.39 is 38.8 Å². The number of aryl methyl sites for hydroxylation is 1. The summed E-state index contributed by atoms with van der Waals surface area (Å²) in [6.45, 7) is 1.47. The lowest BCUT2D eigenvalue weighted by Crippen LogP contribution is -2.40. The fraction of sp³-hybridized carbons (Fsp3) is 0.364. The summed E-state index contributed by atoms with van der Waals surface area (Å²) in [4.78, 5) is 21.3. The van der Waals surface area contributed by atoms with Gasteiger partial charge in [-0.25, -0.2) is 14.3 Å². The SMILES string of the molecule is COC(=O)CCS(=O)(=O)N(N)c1cccc(C)c1[N+](=O)[O-]. The zero-order valence-electron chi connectivity index (χ0n) is 11.5. The summed E-state index contributed by atoms with van der Waals surface area (Å²) >= 11 is 0. The van der Waals surface area contributed by atoms with Crippen molar-refractivity contribution in [3.05, 3.63) is 33.9 Å². The second kappa shape index (κ2) is 6.50. The van der Waals surface area contributed by atoms with Crippen LogP contribution in [0.15, 0.2) is 18.2 Å². The van der Waals surface area contributed by atoms with Crippen LogP contribution in [0.25, 0.3) is 0 Å². The van der Waals surface area contributed by atoms with Gasteiger partial charge in [0, 0.05) is 5.56 Å². The molecule has 10 heteroatoms. The van der Waals surface area contributed by atoms with Gasteiger partial charge in [-0.1, -0.05) is 12.1 Å². The van der Waals surface area contributed by atoms with E-state index in [9.17, 15) is 23.3 Å². The van der Waals surface area contributed by atoms with E-state index in [1.807, 2.05) is 0 Å². The smallest absolute Gasteiger partial charge is 0.306 e. The third kappa shape index (κ3) is 3.89. The second-order valence-electron chi connectivity index (χ2n) is 4.14. The fourth-order valence-electron chi connectivity index (χ4n) is 1.62. The van der Waals surface area contributed by atoms with Gasteiger partial charge >= 0.3 is 5.97 Å². The van der Waals surface area contributed by atoms with Gasteiger partial charge in [0.1, 0.15) is 5.69 Å². The molecule has 116 valence electrons. The Bertz CT molecular complexity index is 658. The number of nitrogens with zero attached hydrogens (tertiary/aromatic N) is 2. The highest BCUT2D eigenvalue weighted by Gasteiger charge is 2.28. The van der Waals surface area contributed by atoms with Crippen molar-refractivity contribution in [3.63, 3.8) is 0 Å². The van der Waals surface area contributed by atoms with Crippen LogP contribution >= 0.6 is 0 Å². The van der Waals surface area contributed by atoms with Gasteiger partial charge in [-0.2, -0.15) is 4.41 Å². The number of sulfonamides is 1. The van der Waals surface area contributed by atoms with E-state index in [1.54, 1.807) is 0 Å². The number of esters is 1. The summed E-state index contributed by atoms with van der Waals surface area (Å²) in [6.07, 6.45) is -0.397. The van der Waals surface area contributed by atoms with Gasteiger partial charge in [0.05, 0.1) is 24.2 Å². The number of methoxy groups -OCH3 is 1. The first kappa shape index (κ1) is 16.9. The number of nitrogens with two attached hydrogens (primary N) is 1. The monoisotopic (exact) mass is 317 g/mol. The summed E-state index contributed by atoms with van der Waals surface area (Å²) in [7, 11) is -2.96. The van der Waals surface area contributed by atoms with Crippen molar-refractivity contribution in [1.82, 2.24) is 0 Å². The maximum Gasteiger partial charge on any atom is 0.306 e. The van der Waals surface area contributed by atoms with Gasteiger partial charge < -0.3 is 4.74 Å². The molecule has 0 unspecified atom stereocenters. The average Bonchev–Trinajstić information content (AvgIpc) is 2.43. The standard InChI is InChI=1S/C11H15N3O6S/c1-8-4-3-5-9(11(8)14(16)17)13(12)21(18,19)7-6-10(15)20-2/h3-5H,6-7,12H2,1-2H3. The molecule has 0 saturated carbocycles. The molecule has 0 bridgehead atoms. The highest BCUT2D eigenvalue weighted by atomic mass is 32.2. The van der Waals surface area contributed by atoms with Crippen molar-refractivity contribution in [2.75, 3.05) is 17.3 Å². The van der Waals surface area contributed by atoms with Crippen LogP contribution in [-0.2, 0) is 19.6 Å². The maximum absolute atomic E-state index is 12.0. The van der Waals surface area contributed by atoms with Crippen LogP contribution < -0.4 is 10.3 Å². The number of hydrogen-bond donors (Lipinski definition) is 1. The minimum absolute atomic E-state index is 0.259. The van der Waals surface area contributed by atoms with Gasteiger partial charge in [0.2, 0.25) is 10.0 Å². The van der Waals surface area contributed by atoms with E-state index in [2.05, 4.69) is 4.74 Å². The van der Waals surface area contributed by atoms with Crippen molar-refractivity contribution in [2.45, 2.75) is 13.3 Å². The number of anilines is 1. The van der Waals surface area contributed by atoms with Crippen LogP contribution in [0.4, 0.5) is 11.4 Å². The molecule has 0 aromatic heterocycles. The zero-order chi connectivity index (χ0) is 16.2. The second-order valence-corrected chi connectivity index (χ2v) is 6.10. The normalized spacial score (nSPS) is 11.0. The van der Waals surface area contributed by atoms with Crippen LogP contribution in [0.3, 0.4) is 0 Å². The molecule has 0 aliphatic carbocycles. The largest absolute Gasteiger partial charge is 0.469 e. The van der Waals surface area contributed by atoms with Gasteiger partial charge in [0.25, 0.3) is 5.69 Å². The Morgan fingerprint density at radius 3 is 2.62 bits per heavy atom. The third-order valence-electron chi connectivity index (χ3n) is 2.73. The van der Waals surface area contributed by atoms with E-state index in [0.717, 1.165) is 7.11 Å². The minimum Gasteiger partial charge on any atom is -0.469 e. The molecule has 1 aromatic carbocycles. The van der Waals surface area contributed by atoms with E-state index >= 15 is 0 Å². The lowest BCUT2D eigenvalue weighted by Gasteiger charge is -2.18. The van der Waals surface area contributed by atoms with Crippen molar-refractivity contribution in [1.29, 1.82) is 0 Å². The quantitative estimate of drug-likeness (QED) is 0.349. The van der Waals surface area contributed by atoms with Crippen molar-refractivity contribution in [3.8, 4) is 0 Å². The molecular weight excluding hydrogens is 302 g/mol. The van der Waals surface area contributed by atoms with E-state index in [1.165, 1.54) is 25.1 Å². The topological polar surface area (TPSA) is 133 Å². The molecule has 2 N–H and O–H groups in total. The molecule has 21 heavy (non-hydrogen) atoms. The lowest BCUT2D eigenvalue weighted by molar-refractivity contribution is -0.384. The molecule has 0 spiro atoms. The predicted octanol–water partition coefficient (Wildman–Crippen LogP) is 0.476. The van der Waals surface area contributed by atoms with Crippen LogP contribution in [0.1, 0.15) is 12.0 Å². The van der Waals surface area contributed by atoms with Gasteiger partial charge in [-0.05, 0) is 13.0 Å². The number of hydrazine groups is 1. The first-order valence-corrected chi connectivity index (χ1v) is 7.40. The number of nitro benzene ring substituents is 1. The molecule has 0 heterocycles. The molecular formula is C11H15N3O6S. The van der Waals surface area contributed by atoms with Crippen molar-refractivity contribution >= 4 is 27.4 Å². The number of benzene rings is 1. The Morgan fingerprint density at radius 1 is 1.48 bits per heavy atom. The number of carbonyl (C=O) groups excluding carboxylic acids is 1. The van der Waals surface area contributed by atoms with Gasteiger partial charge in [-0.3, -0.25) is 14.9 Å². The first-order valence-electron chi connectivity index (χ1n) is 5.79. The number of hydrogen-bond acceptors (Lipinski definition) is 7. The summed E-state index contributed by atoms with van der Waals surface area (Å²) in [5.41, 5.74) is -0.386. The Kier molecular flexibility index (Phi) is 5.22. The van der Waals surface area contributed by atoms with Crippen LogP contribution in [0, 0.1) is 17.0 Å². The van der Waals surface area contributed by atoms with Crippen LogP contribution in [0.5, 0.6) is 0 Å². The molecule has 0 aliphatic heterocycles. The third-order valence-corrected chi connectivity index (χ3v) is 4.24. The highest BCUT2D eigenvalue weighted by Crippen LogP contribution is 2.31. The predicted molar refractivity (Wildman–Crippen MR) is 74.9 cm³/mol. The number of ether oxygens (including phenoxy) is 1. The summed E-state index contributed by atoms with van der Waals surface area (Å²) in [5.74, 6) is 4.17. The van der Waals surface area contributed by atoms with E-state index in [0.29, 0.717) is 4.41 Å². The number of nitro groups is 1. The van der Waals surface area contributed by atoms with Crippen molar-refractivity contribution in [2.24, 2.45) is 5.84 Å². The molecule has 0 aliphatic rings. The van der Waals surface area contributed by atoms with Gasteiger partial charge in [-0.15, -0.1) is 0 Å². The fourth-order valence-corrected chi connectivity index (χ4v) is 2.69.